The Morgan fingerprint density at radius 2 is 1.79 bits per heavy atom. The van der Waals surface area contributed by atoms with Crippen molar-refractivity contribution in [2.75, 3.05) is 26.7 Å². The van der Waals surface area contributed by atoms with Gasteiger partial charge in [0.2, 0.25) is 0 Å². The highest BCUT2D eigenvalue weighted by atomic mass is 19.1. The van der Waals surface area contributed by atoms with Crippen molar-refractivity contribution in [2.45, 2.75) is 24.6 Å². The van der Waals surface area contributed by atoms with E-state index in [1.807, 2.05) is 11.9 Å². The van der Waals surface area contributed by atoms with E-state index in [1.165, 1.54) is 0 Å². The summed E-state index contributed by atoms with van der Waals surface area (Å²) < 4.78 is 32.6. The van der Waals surface area contributed by atoms with Crippen LogP contribution < -0.4 is 0 Å². The van der Waals surface area contributed by atoms with Gasteiger partial charge < -0.3 is 14.7 Å². The number of halogens is 2. The summed E-state index contributed by atoms with van der Waals surface area (Å²) in [5.41, 5.74) is -1.27. The van der Waals surface area contributed by atoms with E-state index in [-0.39, 0.29) is 12.2 Å². The Labute approximate surface area is 137 Å². The van der Waals surface area contributed by atoms with Crippen LogP contribution in [-0.2, 0) is 9.53 Å². The maximum absolute atomic E-state index is 13.5. The van der Waals surface area contributed by atoms with Crippen molar-refractivity contribution in [3.05, 3.63) is 35.4 Å². The van der Waals surface area contributed by atoms with Crippen molar-refractivity contribution in [3.63, 3.8) is 0 Å². The fraction of sp³-hybridized carbons (Fsp3) is 0.500. The Morgan fingerprint density at radius 1 is 1.21 bits per heavy atom. The molecule has 130 valence electrons. The van der Waals surface area contributed by atoms with Crippen LogP contribution in [0.1, 0.15) is 23.2 Å². The second kappa shape index (κ2) is 6.10. The number of carbonyl (C=O) groups excluding carboxylic acids is 1. The molecule has 0 radical (unpaired) electrons. The summed E-state index contributed by atoms with van der Waals surface area (Å²) >= 11 is 0. The predicted molar refractivity (Wildman–Crippen MR) is 79.4 cm³/mol. The van der Waals surface area contributed by atoms with Crippen LogP contribution in [0.3, 0.4) is 0 Å². The minimum absolute atomic E-state index is 0.136. The van der Waals surface area contributed by atoms with Crippen LogP contribution in [0.4, 0.5) is 8.78 Å². The molecule has 2 aliphatic rings. The molecule has 2 saturated heterocycles. The Kier molecular flexibility index (Phi) is 4.27. The third-order valence-corrected chi connectivity index (χ3v) is 4.64. The van der Waals surface area contributed by atoms with E-state index in [9.17, 15) is 23.5 Å². The van der Waals surface area contributed by atoms with Crippen LogP contribution in [0.5, 0.6) is 0 Å². The molecule has 1 spiro atoms. The molecule has 24 heavy (non-hydrogen) atoms. The van der Waals surface area contributed by atoms with Crippen molar-refractivity contribution >= 4 is 11.9 Å². The van der Waals surface area contributed by atoms with Crippen LogP contribution in [0.25, 0.3) is 0 Å². The monoisotopic (exact) mass is 340 g/mol. The molecule has 0 aliphatic carbocycles. The van der Waals surface area contributed by atoms with Crippen molar-refractivity contribution in [3.8, 4) is 0 Å². The molecule has 1 aromatic rings. The zero-order valence-electron chi connectivity index (χ0n) is 13.2. The normalized spacial score (nSPS) is 23.6. The van der Waals surface area contributed by atoms with E-state index in [0.717, 1.165) is 17.0 Å². The molecule has 3 rings (SSSR count). The number of carbonyl (C=O) groups is 2. The SMILES string of the molecule is CN1CCC2(CC1)OC[C@H](C(=O)O)N2C(=O)c1cc(F)cc(F)c1. The molecule has 2 heterocycles. The van der Waals surface area contributed by atoms with Gasteiger partial charge in [-0.25, -0.2) is 13.6 Å². The van der Waals surface area contributed by atoms with Crippen LogP contribution in [0.2, 0.25) is 0 Å². The number of piperidine rings is 1. The summed E-state index contributed by atoms with van der Waals surface area (Å²) in [6.45, 7) is 1.13. The average Bonchev–Trinajstić information content (AvgIpc) is 2.88. The number of likely N-dealkylation sites (tertiary alicyclic amines) is 1. The summed E-state index contributed by atoms with van der Waals surface area (Å²) in [5, 5.41) is 9.42. The lowest BCUT2D eigenvalue weighted by Crippen LogP contribution is -2.57. The molecule has 1 atom stereocenters. The van der Waals surface area contributed by atoms with Gasteiger partial charge in [0.1, 0.15) is 17.4 Å². The van der Waals surface area contributed by atoms with Gasteiger partial charge in [-0.15, -0.1) is 0 Å². The number of ether oxygens (including phenoxy) is 1. The topological polar surface area (TPSA) is 70.1 Å². The number of amides is 1. The highest BCUT2D eigenvalue weighted by molar-refractivity contribution is 5.97. The van der Waals surface area contributed by atoms with Crippen molar-refractivity contribution < 1.29 is 28.2 Å². The largest absolute Gasteiger partial charge is 0.480 e. The molecule has 2 fully saturated rings. The highest BCUT2D eigenvalue weighted by Crippen LogP contribution is 2.38. The first kappa shape index (κ1) is 16.8. The summed E-state index contributed by atoms with van der Waals surface area (Å²) in [4.78, 5) is 27.6. The fourth-order valence-electron chi connectivity index (χ4n) is 3.34. The fourth-order valence-corrected chi connectivity index (χ4v) is 3.34. The molecule has 6 nitrogen and oxygen atoms in total. The molecule has 0 aromatic heterocycles. The third-order valence-electron chi connectivity index (χ3n) is 4.64. The molecule has 2 aliphatic heterocycles. The van der Waals surface area contributed by atoms with Gasteiger partial charge in [-0.05, 0) is 19.2 Å². The van der Waals surface area contributed by atoms with Crippen molar-refractivity contribution in [1.82, 2.24) is 9.80 Å². The van der Waals surface area contributed by atoms with Gasteiger partial charge in [0.25, 0.3) is 5.91 Å². The number of aliphatic carboxylic acids is 1. The molecule has 0 bridgehead atoms. The summed E-state index contributed by atoms with van der Waals surface area (Å²) in [7, 11) is 1.92. The Balaban J connectivity index is 1.98. The quantitative estimate of drug-likeness (QED) is 0.879. The lowest BCUT2D eigenvalue weighted by Gasteiger charge is -2.43. The average molecular weight is 340 g/mol. The maximum Gasteiger partial charge on any atom is 0.328 e. The number of rotatable bonds is 2. The number of hydrogen-bond donors (Lipinski definition) is 1. The Hall–Kier alpha value is -2.06. The van der Waals surface area contributed by atoms with E-state index in [4.69, 9.17) is 4.74 Å². The van der Waals surface area contributed by atoms with Crippen molar-refractivity contribution in [1.29, 1.82) is 0 Å². The first-order valence-electron chi connectivity index (χ1n) is 7.67. The minimum atomic E-state index is -1.20. The molecule has 1 aromatic carbocycles. The van der Waals surface area contributed by atoms with Gasteiger partial charge in [0.05, 0.1) is 6.61 Å². The standard InChI is InChI=1S/C16H18F2N2O4/c1-19-4-2-16(3-5-19)20(13(9-24-16)15(22)23)14(21)10-6-11(17)8-12(18)7-10/h6-8,13H,2-5,9H2,1H3,(H,22,23)/t13-/m1/s1. The summed E-state index contributed by atoms with van der Waals surface area (Å²) in [5.74, 6) is -3.70. The number of nitrogens with zero attached hydrogens (tertiary/aromatic N) is 2. The number of carboxylic acids is 1. The molecular formula is C16H18F2N2O4. The first-order valence-corrected chi connectivity index (χ1v) is 7.67. The van der Waals surface area contributed by atoms with E-state index in [1.54, 1.807) is 0 Å². The van der Waals surface area contributed by atoms with E-state index >= 15 is 0 Å². The minimum Gasteiger partial charge on any atom is -0.480 e. The molecule has 1 N–H and O–H groups in total. The molecule has 1 amide bonds. The number of hydrogen-bond acceptors (Lipinski definition) is 4. The van der Waals surface area contributed by atoms with E-state index < -0.39 is 35.3 Å². The van der Waals surface area contributed by atoms with Crippen LogP contribution in [0.15, 0.2) is 18.2 Å². The van der Waals surface area contributed by atoms with Gasteiger partial charge in [-0.3, -0.25) is 9.69 Å². The lowest BCUT2D eigenvalue weighted by atomic mass is 9.97. The number of carboxylic acid groups (broad SMARTS) is 1. The van der Waals surface area contributed by atoms with Gasteiger partial charge in [-0.2, -0.15) is 0 Å². The zero-order chi connectivity index (χ0) is 17.5. The molecular weight excluding hydrogens is 322 g/mol. The maximum atomic E-state index is 13.5. The van der Waals surface area contributed by atoms with E-state index in [2.05, 4.69) is 0 Å². The van der Waals surface area contributed by atoms with E-state index in [0.29, 0.717) is 32.0 Å². The van der Waals surface area contributed by atoms with Crippen LogP contribution in [0, 0.1) is 11.6 Å². The molecule has 0 saturated carbocycles. The Bertz CT molecular complexity index is 654. The highest BCUT2D eigenvalue weighted by Gasteiger charge is 2.53. The lowest BCUT2D eigenvalue weighted by molar-refractivity contribution is -0.143. The third kappa shape index (κ3) is 2.87. The van der Waals surface area contributed by atoms with Crippen LogP contribution in [-0.4, -0.2) is 65.3 Å². The van der Waals surface area contributed by atoms with Gasteiger partial charge in [0, 0.05) is 37.6 Å². The molecule has 0 unspecified atom stereocenters. The Morgan fingerprint density at radius 3 is 2.33 bits per heavy atom. The van der Waals surface area contributed by atoms with Gasteiger partial charge >= 0.3 is 5.97 Å². The summed E-state index contributed by atoms with van der Waals surface area (Å²) in [6, 6.07) is 1.31. The van der Waals surface area contributed by atoms with Crippen molar-refractivity contribution in [2.24, 2.45) is 0 Å². The smallest absolute Gasteiger partial charge is 0.328 e. The predicted octanol–water partition coefficient (Wildman–Crippen LogP) is 1.31. The summed E-state index contributed by atoms with van der Waals surface area (Å²) in [6.07, 6.45) is 0.883. The van der Waals surface area contributed by atoms with Crippen LogP contribution >= 0.6 is 0 Å². The number of benzene rings is 1. The first-order chi connectivity index (χ1) is 11.3. The second-order valence-corrected chi connectivity index (χ2v) is 6.25. The second-order valence-electron chi connectivity index (χ2n) is 6.25. The zero-order valence-corrected chi connectivity index (χ0v) is 13.2. The van der Waals surface area contributed by atoms with Gasteiger partial charge in [0.15, 0.2) is 6.04 Å². The van der Waals surface area contributed by atoms with Gasteiger partial charge in [-0.1, -0.05) is 0 Å². The molecule has 8 heteroatoms.